The van der Waals surface area contributed by atoms with E-state index in [4.69, 9.17) is 5.11 Å². The molecular formula is C8H10N2O6S. The molecule has 0 saturated heterocycles. The number of benzene rings is 1. The molecule has 0 saturated carbocycles. The average molecular weight is 262 g/mol. The van der Waals surface area contributed by atoms with Gasteiger partial charge in [0.1, 0.15) is 0 Å². The first-order valence-electron chi connectivity index (χ1n) is 4.02. The van der Waals surface area contributed by atoms with Crippen LogP contribution in [0.2, 0.25) is 0 Å². The molecule has 0 aliphatic heterocycles. The van der Waals surface area contributed by atoms with Crippen molar-refractivity contribution in [1.29, 1.82) is 0 Å². The molecular weight excluding hydrogens is 252 g/mol. The van der Waals surface area contributed by atoms with Crippen molar-refractivity contribution in [2.24, 2.45) is 0 Å². The third kappa shape index (κ3) is 2.98. The first-order valence-corrected chi connectivity index (χ1v) is 5.57. The van der Waals surface area contributed by atoms with Crippen molar-refractivity contribution in [3.8, 4) is 0 Å². The standard InChI is InChI=1S/C8H7NO6S.H3N/c10-8(11)7(9(12)13)16(14,15)6-4-2-1-3-5-6;/h1-5,7H,(H,10,11);1H3. The van der Waals surface area contributed by atoms with E-state index in [9.17, 15) is 23.3 Å². The SMILES string of the molecule is N.O=C(O)C([N+](=O)[O-])S(=O)(=O)c1ccccc1. The number of carbonyl (C=O) groups is 1. The van der Waals surface area contributed by atoms with Crippen LogP contribution in [-0.4, -0.2) is 29.8 Å². The van der Waals surface area contributed by atoms with Gasteiger partial charge in [-0.25, -0.2) is 13.2 Å². The fourth-order valence-electron chi connectivity index (χ4n) is 1.08. The van der Waals surface area contributed by atoms with Gasteiger partial charge in [0.2, 0.25) is 0 Å². The van der Waals surface area contributed by atoms with Crippen LogP contribution in [0.3, 0.4) is 0 Å². The molecule has 0 aliphatic carbocycles. The first kappa shape index (κ1) is 15.0. The molecule has 8 nitrogen and oxygen atoms in total. The Kier molecular flexibility index (Phi) is 4.73. The molecule has 17 heavy (non-hydrogen) atoms. The van der Waals surface area contributed by atoms with Gasteiger partial charge in [-0.3, -0.25) is 10.1 Å². The maximum atomic E-state index is 11.6. The van der Waals surface area contributed by atoms with Gasteiger partial charge >= 0.3 is 11.3 Å². The van der Waals surface area contributed by atoms with Gasteiger partial charge in [-0.15, -0.1) is 0 Å². The van der Waals surface area contributed by atoms with Crippen molar-refractivity contribution >= 4 is 15.8 Å². The number of carboxylic acids is 1. The molecule has 1 unspecified atom stereocenters. The molecule has 1 aromatic rings. The predicted molar refractivity (Wildman–Crippen MR) is 57.1 cm³/mol. The fraction of sp³-hybridized carbons (Fsp3) is 0.125. The lowest BCUT2D eigenvalue weighted by molar-refractivity contribution is -0.486. The molecule has 0 spiro atoms. The van der Waals surface area contributed by atoms with E-state index in [1.54, 1.807) is 0 Å². The Bertz CT molecular complexity index is 498. The van der Waals surface area contributed by atoms with E-state index in [2.05, 4.69) is 0 Å². The number of sulfone groups is 1. The Hall–Kier alpha value is -2.00. The second kappa shape index (κ2) is 5.37. The van der Waals surface area contributed by atoms with E-state index in [1.165, 1.54) is 18.2 Å². The quantitative estimate of drug-likeness (QED) is 0.585. The zero-order chi connectivity index (χ0) is 12.3. The third-order valence-electron chi connectivity index (χ3n) is 1.77. The molecule has 9 heteroatoms. The number of nitro groups is 1. The van der Waals surface area contributed by atoms with Crippen LogP contribution < -0.4 is 6.15 Å². The zero-order valence-corrected chi connectivity index (χ0v) is 9.33. The van der Waals surface area contributed by atoms with Gasteiger partial charge in [0, 0.05) is 0 Å². The smallest absolute Gasteiger partial charge is 0.408 e. The van der Waals surface area contributed by atoms with Crippen LogP contribution in [0.4, 0.5) is 0 Å². The number of aliphatic carboxylic acids is 1. The van der Waals surface area contributed by atoms with Crippen LogP contribution in [-0.2, 0) is 14.6 Å². The molecule has 0 heterocycles. The summed E-state index contributed by atoms with van der Waals surface area (Å²) < 4.78 is 23.2. The van der Waals surface area contributed by atoms with Gasteiger partial charge in [0.15, 0.2) is 0 Å². The molecule has 0 radical (unpaired) electrons. The summed E-state index contributed by atoms with van der Waals surface area (Å²) in [5, 5.41) is 16.3. The minimum atomic E-state index is -4.50. The Balaban J connectivity index is 0.00000256. The van der Waals surface area contributed by atoms with Gasteiger partial charge in [-0.05, 0) is 12.1 Å². The van der Waals surface area contributed by atoms with Crippen molar-refractivity contribution in [1.82, 2.24) is 6.15 Å². The van der Waals surface area contributed by atoms with Crippen LogP contribution >= 0.6 is 0 Å². The normalized spacial score (nSPS) is 12.2. The van der Waals surface area contributed by atoms with E-state index in [0.717, 1.165) is 12.1 Å². The minimum absolute atomic E-state index is 0. The molecule has 4 N–H and O–H groups in total. The summed E-state index contributed by atoms with van der Waals surface area (Å²) in [7, 11) is -4.50. The highest BCUT2D eigenvalue weighted by atomic mass is 32.2. The van der Waals surface area contributed by atoms with Gasteiger partial charge in [0.05, 0.1) is 9.82 Å². The van der Waals surface area contributed by atoms with E-state index < -0.39 is 26.1 Å². The molecule has 0 aromatic heterocycles. The molecule has 0 amide bonds. The van der Waals surface area contributed by atoms with Gasteiger partial charge in [-0.2, -0.15) is 0 Å². The Morgan fingerprint density at radius 1 is 1.29 bits per heavy atom. The summed E-state index contributed by atoms with van der Waals surface area (Å²) in [6.45, 7) is 0. The van der Waals surface area contributed by atoms with Crippen molar-refractivity contribution in [3.05, 3.63) is 40.4 Å². The minimum Gasteiger partial charge on any atom is -0.475 e. The van der Waals surface area contributed by atoms with Crippen LogP contribution in [0.1, 0.15) is 0 Å². The van der Waals surface area contributed by atoms with E-state index >= 15 is 0 Å². The van der Waals surface area contributed by atoms with E-state index in [-0.39, 0.29) is 11.0 Å². The van der Waals surface area contributed by atoms with E-state index in [0.29, 0.717) is 0 Å². The van der Waals surface area contributed by atoms with Crippen molar-refractivity contribution in [3.63, 3.8) is 0 Å². The Labute approximate surface area is 96.5 Å². The molecule has 0 fully saturated rings. The highest BCUT2D eigenvalue weighted by molar-refractivity contribution is 7.92. The van der Waals surface area contributed by atoms with Gasteiger partial charge < -0.3 is 11.3 Å². The predicted octanol–water partition coefficient (Wildman–Crippen LogP) is 0.310. The number of hydrogen-bond acceptors (Lipinski definition) is 6. The van der Waals surface area contributed by atoms with Crippen molar-refractivity contribution < 1.29 is 23.2 Å². The summed E-state index contributed by atoms with van der Waals surface area (Å²) >= 11 is 0. The third-order valence-corrected chi connectivity index (χ3v) is 3.66. The van der Waals surface area contributed by atoms with E-state index in [1.807, 2.05) is 0 Å². The summed E-state index contributed by atoms with van der Waals surface area (Å²) in [5.74, 6) is -2.01. The van der Waals surface area contributed by atoms with Crippen LogP contribution in [0.5, 0.6) is 0 Å². The zero-order valence-electron chi connectivity index (χ0n) is 8.52. The second-order valence-corrected chi connectivity index (χ2v) is 4.84. The van der Waals surface area contributed by atoms with Crippen LogP contribution in [0, 0.1) is 10.1 Å². The highest BCUT2D eigenvalue weighted by Crippen LogP contribution is 2.16. The van der Waals surface area contributed by atoms with Crippen molar-refractivity contribution in [2.75, 3.05) is 0 Å². The number of nitrogens with zero attached hydrogens (tertiary/aromatic N) is 1. The fourth-order valence-corrected chi connectivity index (χ4v) is 2.36. The molecule has 1 rings (SSSR count). The summed E-state index contributed by atoms with van der Waals surface area (Å²) in [6, 6.07) is 6.43. The van der Waals surface area contributed by atoms with Crippen molar-refractivity contribution in [2.45, 2.75) is 10.3 Å². The number of carboxylic acid groups (broad SMARTS) is 1. The molecule has 0 aliphatic rings. The lowest BCUT2D eigenvalue weighted by Crippen LogP contribution is -2.37. The number of rotatable bonds is 4. The van der Waals surface area contributed by atoms with Crippen LogP contribution in [0.15, 0.2) is 35.2 Å². The summed E-state index contributed by atoms with van der Waals surface area (Å²) in [5.41, 5.74) is 0. The first-order chi connectivity index (χ1) is 7.37. The molecule has 94 valence electrons. The van der Waals surface area contributed by atoms with Gasteiger partial charge in [0.25, 0.3) is 9.84 Å². The topological polar surface area (TPSA) is 150 Å². The monoisotopic (exact) mass is 262 g/mol. The lowest BCUT2D eigenvalue weighted by Gasteiger charge is -2.05. The molecule has 1 atom stereocenters. The van der Waals surface area contributed by atoms with Gasteiger partial charge in [-0.1, -0.05) is 18.2 Å². The maximum absolute atomic E-state index is 11.6. The summed E-state index contributed by atoms with van der Waals surface area (Å²) in [6.07, 6.45) is 0. The van der Waals surface area contributed by atoms with Crippen LogP contribution in [0.25, 0.3) is 0 Å². The Morgan fingerprint density at radius 3 is 2.12 bits per heavy atom. The molecule has 0 bridgehead atoms. The second-order valence-electron chi connectivity index (χ2n) is 2.83. The molecule has 1 aromatic carbocycles. The summed E-state index contributed by atoms with van der Waals surface area (Å²) in [4.78, 5) is 19.2. The number of hydrogen-bond donors (Lipinski definition) is 2. The lowest BCUT2D eigenvalue weighted by atomic mass is 10.4. The largest absolute Gasteiger partial charge is 0.475 e. The Morgan fingerprint density at radius 2 is 1.76 bits per heavy atom. The maximum Gasteiger partial charge on any atom is 0.408 e. The average Bonchev–Trinajstić information content (AvgIpc) is 2.17. The highest BCUT2D eigenvalue weighted by Gasteiger charge is 2.44.